The van der Waals surface area contributed by atoms with Crippen molar-refractivity contribution in [3.05, 3.63) is 60.4 Å². The molecule has 4 rings (SSSR count). The molecule has 1 fully saturated rings. The highest BCUT2D eigenvalue weighted by Crippen LogP contribution is 2.38. The SMILES string of the molecule is Nc1ccc(-c2ccc(C3CC(N)CCS3)nc2)c2ccccc12. The summed E-state index contributed by atoms with van der Waals surface area (Å²) in [6.45, 7) is 0. The molecule has 1 saturated heterocycles. The third kappa shape index (κ3) is 2.87. The lowest BCUT2D eigenvalue weighted by Crippen LogP contribution is -2.26. The number of nitrogens with two attached hydrogens (primary N) is 2. The van der Waals surface area contributed by atoms with Gasteiger partial charge in [0.05, 0.1) is 5.69 Å². The molecule has 0 amide bonds. The summed E-state index contributed by atoms with van der Waals surface area (Å²) in [7, 11) is 0. The van der Waals surface area contributed by atoms with Crippen LogP contribution in [0.4, 0.5) is 5.69 Å². The second-order valence-corrected chi connectivity index (χ2v) is 7.67. The quantitative estimate of drug-likeness (QED) is 0.682. The van der Waals surface area contributed by atoms with E-state index in [0.717, 1.165) is 40.9 Å². The Kier molecular flexibility index (Phi) is 4.17. The van der Waals surface area contributed by atoms with Crippen molar-refractivity contribution in [3.8, 4) is 11.1 Å². The molecular formula is C20H21N3S. The van der Waals surface area contributed by atoms with Gasteiger partial charge in [0.2, 0.25) is 0 Å². The van der Waals surface area contributed by atoms with Crippen LogP contribution < -0.4 is 11.5 Å². The third-order valence-corrected chi connectivity index (χ3v) is 6.02. The van der Waals surface area contributed by atoms with Crippen molar-refractivity contribution in [2.75, 3.05) is 11.5 Å². The van der Waals surface area contributed by atoms with Crippen molar-refractivity contribution in [2.24, 2.45) is 5.73 Å². The van der Waals surface area contributed by atoms with Crippen molar-refractivity contribution in [3.63, 3.8) is 0 Å². The van der Waals surface area contributed by atoms with Gasteiger partial charge in [0.25, 0.3) is 0 Å². The van der Waals surface area contributed by atoms with Gasteiger partial charge in [0, 0.05) is 34.1 Å². The Balaban J connectivity index is 1.70. The first kappa shape index (κ1) is 15.5. The number of anilines is 1. The number of hydrogen-bond donors (Lipinski definition) is 2. The number of nitrogens with zero attached hydrogens (tertiary/aromatic N) is 1. The molecule has 24 heavy (non-hydrogen) atoms. The van der Waals surface area contributed by atoms with Crippen LogP contribution in [0.1, 0.15) is 23.8 Å². The highest BCUT2D eigenvalue weighted by molar-refractivity contribution is 7.99. The molecule has 3 aromatic rings. The molecule has 4 N–H and O–H groups in total. The molecule has 1 aliphatic rings. The van der Waals surface area contributed by atoms with Crippen LogP contribution in [-0.4, -0.2) is 16.8 Å². The Hall–Kier alpha value is -2.04. The summed E-state index contributed by atoms with van der Waals surface area (Å²) in [5, 5.41) is 2.68. The molecule has 0 bridgehead atoms. The number of nitrogen functional groups attached to an aromatic ring is 1. The highest BCUT2D eigenvalue weighted by Gasteiger charge is 2.22. The zero-order valence-electron chi connectivity index (χ0n) is 13.5. The molecule has 1 aliphatic heterocycles. The van der Waals surface area contributed by atoms with E-state index in [1.54, 1.807) is 0 Å². The smallest absolute Gasteiger partial charge is 0.0534 e. The van der Waals surface area contributed by atoms with E-state index in [4.69, 9.17) is 16.5 Å². The van der Waals surface area contributed by atoms with Gasteiger partial charge in [-0.05, 0) is 41.7 Å². The molecule has 2 unspecified atom stereocenters. The molecule has 4 heteroatoms. The van der Waals surface area contributed by atoms with Gasteiger partial charge >= 0.3 is 0 Å². The summed E-state index contributed by atoms with van der Waals surface area (Å²) >= 11 is 1.97. The minimum Gasteiger partial charge on any atom is -0.398 e. The lowest BCUT2D eigenvalue weighted by Gasteiger charge is -2.25. The summed E-state index contributed by atoms with van der Waals surface area (Å²) in [6, 6.07) is 16.9. The van der Waals surface area contributed by atoms with Gasteiger partial charge in [0.1, 0.15) is 0 Å². The predicted molar refractivity (Wildman–Crippen MR) is 104 cm³/mol. The van der Waals surface area contributed by atoms with Crippen LogP contribution in [0.15, 0.2) is 54.7 Å². The van der Waals surface area contributed by atoms with Crippen molar-refractivity contribution in [2.45, 2.75) is 24.1 Å². The first-order valence-electron chi connectivity index (χ1n) is 8.33. The fraction of sp³-hybridized carbons (Fsp3) is 0.250. The van der Waals surface area contributed by atoms with Gasteiger partial charge < -0.3 is 11.5 Å². The molecule has 1 aromatic heterocycles. The van der Waals surface area contributed by atoms with Crippen LogP contribution in [0.5, 0.6) is 0 Å². The van der Waals surface area contributed by atoms with Crippen molar-refractivity contribution >= 4 is 28.2 Å². The van der Waals surface area contributed by atoms with Gasteiger partial charge in [-0.25, -0.2) is 0 Å². The predicted octanol–water partition coefficient (Wildman–Crippen LogP) is 4.38. The monoisotopic (exact) mass is 335 g/mol. The van der Waals surface area contributed by atoms with E-state index >= 15 is 0 Å². The van der Waals surface area contributed by atoms with Crippen LogP contribution in [0.3, 0.4) is 0 Å². The number of pyridine rings is 1. The molecule has 0 radical (unpaired) electrons. The maximum Gasteiger partial charge on any atom is 0.0534 e. The highest BCUT2D eigenvalue weighted by atomic mass is 32.2. The normalized spacial score (nSPS) is 21.0. The van der Waals surface area contributed by atoms with Gasteiger partial charge in [-0.3, -0.25) is 4.98 Å². The van der Waals surface area contributed by atoms with Crippen molar-refractivity contribution < 1.29 is 0 Å². The van der Waals surface area contributed by atoms with Crippen molar-refractivity contribution in [1.29, 1.82) is 0 Å². The van der Waals surface area contributed by atoms with Crippen LogP contribution in [0, 0.1) is 0 Å². The topological polar surface area (TPSA) is 64.9 Å². The summed E-state index contributed by atoms with van der Waals surface area (Å²) in [6.07, 6.45) is 4.10. The maximum absolute atomic E-state index is 6.11. The average Bonchev–Trinajstić information content (AvgIpc) is 2.63. The van der Waals surface area contributed by atoms with E-state index in [-0.39, 0.29) is 0 Å². The zero-order chi connectivity index (χ0) is 16.5. The number of aromatic nitrogens is 1. The number of thioether (sulfide) groups is 1. The Morgan fingerprint density at radius 3 is 2.58 bits per heavy atom. The third-order valence-electron chi connectivity index (χ3n) is 4.71. The second kappa shape index (κ2) is 6.46. The fourth-order valence-corrected chi connectivity index (χ4v) is 4.77. The Morgan fingerprint density at radius 1 is 1.00 bits per heavy atom. The Labute approximate surface area is 146 Å². The van der Waals surface area contributed by atoms with Gasteiger partial charge in [-0.1, -0.05) is 36.4 Å². The number of rotatable bonds is 2. The molecule has 122 valence electrons. The summed E-state index contributed by atoms with van der Waals surface area (Å²) < 4.78 is 0. The molecule has 0 aliphatic carbocycles. The molecule has 0 spiro atoms. The minimum absolute atomic E-state index is 0.304. The fourth-order valence-electron chi connectivity index (χ4n) is 3.36. The second-order valence-electron chi connectivity index (χ2n) is 6.36. The van der Waals surface area contributed by atoms with Crippen LogP contribution >= 0.6 is 11.8 Å². The maximum atomic E-state index is 6.11. The van der Waals surface area contributed by atoms with E-state index in [2.05, 4.69) is 30.3 Å². The lowest BCUT2D eigenvalue weighted by molar-refractivity contribution is 0.570. The van der Waals surface area contributed by atoms with Gasteiger partial charge in [-0.2, -0.15) is 11.8 Å². The van der Waals surface area contributed by atoms with E-state index < -0.39 is 0 Å². The summed E-state index contributed by atoms with van der Waals surface area (Å²) in [4.78, 5) is 4.73. The summed E-state index contributed by atoms with van der Waals surface area (Å²) in [5.74, 6) is 1.12. The molecule has 2 heterocycles. The first-order valence-corrected chi connectivity index (χ1v) is 9.38. The Bertz CT molecular complexity index is 860. The first-order chi connectivity index (χ1) is 11.7. The van der Waals surface area contributed by atoms with E-state index in [1.165, 1.54) is 10.9 Å². The van der Waals surface area contributed by atoms with Crippen LogP contribution in [-0.2, 0) is 0 Å². The van der Waals surface area contributed by atoms with Crippen molar-refractivity contribution in [1.82, 2.24) is 4.98 Å². The minimum atomic E-state index is 0.304. The Morgan fingerprint density at radius 2 is 1.83 bits per heavy atom. The molecule has 0 saturated carbocycles. The largest absolute Gasteiger partial charge is 0.398 e. The number of fused-ring (bicyclic) bond motifs is 1. The average molecular weight is 335 g/mol. The van der Waals surface area contributed by atoms with Crippen LogP contribution in [0.25, 0.3) is 21.9 Å². The van der Waals surface area contributed by atoms with Gasteiger partial charge in [-0.15, -0.1) is 0 Å². The molecular weight excluding hydrogens is 314 g/mol. The number of hydrogen-bond acceptors (Lipinski definition) is 4. The van der Waals surface area contributed by atoms with Gasteiger partial charge in [0.15, 0.2) is 0 Å². The molecule has 3 nitrogen and oxygen atoms in total. The van der Waals surface area contributed by atoms with Crippen LogP contribution in [0.2, 0.25) is 0 Å². The lowest BCUT2D eigenvalue weighted by atomic mass is 9.98. The van der Waals surface area contributed by atoms with E-state index in [1.807, 2.05) is 36.2 Å². The zero-order valence-corrected chi connectivity index (χ0v) is 14.3. The number of benzene rings is 2. The van der Waals surface area contributed by atoms with E-state index in [9.17, 15) is 0 Å². The molecule has 2 atom stereocenters. The standard InChI is InChI=1S/C20H21N3S/c21-14-9-10-24-20(11-14)19-8-5-13(12-23-19)15-6-7-18(22)17-4-2-1-3-16(15)17/h1-8,12,14,20H,9-11,21-22H2. The van der Waals surface area contributed by atoms with E-state index in [0.29, 0.717) is 11.3 Å². The molecule has 2 aromatic carbocycles. The summed E-state index contributed by atoms with van der Waals surface area (Å²) in [5.41, 5.74) is 16.5.